The highest BCUT2D eigenvalue weighted by atomic mass is 19.4. The van der Waals surface area contributed by atoms with Crippen molar-refractivity contribution in [3.63, 3.8) is 0 Å². The second kappa shape index (κ2) is 6.25. The summed E-state index contributed by atoms with van der Waals surface area (Å²) in [5.74, 6) is -0.967. The first-order valence-electron chi connectivity index (χ1n) is 8.25. The molecule has 0 saturated heterocycles. The van der Waals surface area contributed by atoms with Gasteiger partial charge in [-0.05, 0) is 43.0 Å². The van der Waals surface area contributed by atoms with Crippen molar-refractivity contribution in [1.29, 1.82) is 0 Å². The Morgan fingerprint density at radius 2 is 1.85 bits per heavy atom. The number of fused-ring (bicyclic) bond motifs is 2. The lowest BCUT2D eigenvalue weighted by molar-refractivity contribution is -0.144. The predicted molar refractivity (Wildman–Crippen MR) is 89.0 cm³/mol. The Morgan fingerprint density at radius 3 is 2.65 bits per heavy atom. The molecule has 7 heteroatoms. The maximum atomic E-state index is 13.1. The number of alkyl halides is 3. The number of benzene rings is 2. The van der Waals surface area contributed by atoms with Gasteiger partial charge in [0, 0.05) is 5.56 Å². The lowest BCUT2D eigenvalue weighted by atomic mass is 9.89. The van der Waals surface area contributed by atoms with E-state index in [2.05, 4.69) is 9.97 Å². The minimum Gasteiger partial charge on any atom is -0.438 e. The number of aromatic nitrogens is 2. The van der Waals surface area contributed by atoms with E-state index in [0.29, 0.717) is 24.0 Å². The molecule has 1 aliphatic carbocycles. The molecule has 4 nitrogen and oxygen atoms in total. The zero-order chi connectivity index (χ0) is 18.3. The van der Waals surface area contributed by atoms with Gasteiger partial charge in [0.1, 0.15) is 5.75 Å². The smallest absolute Gasteiger partial charge is 0.438 e. The molecule has 0 spiro atoms. The van der Waals surface area contributed by atoms with Crippen molar-refractivity contribution < 1.29 is 23.0 Å². The van der Waals surface area contributed by atoms with E-state index in [1.807, 2.05) is 6.07 Å². The number of rotatable bonds is 2. The molecule has 1 aliphatic rings. The number of hydrogen-bond acceptors (Lipinski definition) is 4. The van der Waals surface area contributed by atoms with E-state index in [0.717, 1.165) is 17.5 Å². The SMILES string of the molecule is O[C@H]1CCCc2c(Oc3nc(C(F)(F)F)nc4ccccc34)cccc21. The maximum absolute atomic E-state index is 13.1. The first-order valence-corrected chi connectivity index (χ1v) is 8.25. The van der Waals surface area contributed by atoms with Crippen molar-refractivity contribution in [3.05, 3.63) is 59.4 Å². The lowest BCUT2D eigenvalue weighted by Gasteiger charge is -2.23. The minimum atomic E-state index is -4.67. The Bertz CT molecular complexity index is 973. The Kier molecular flexibility index (Phi) is 4.03. The van der Waals surface area contributed by atoms with E-state index >= 15 is 0 Å². The lowest BCUT2D eigenvalue weighted by Crippen LogP contribution is -2.13. The standard InChI is InChI=1S/C19H15F3N2O2/c20-19(21,22)18-23-14-8-2-1-5-13(14)17(24-18)26-16-10-4-6-11-12(16)7-3-9-15(11)25/h1-2,4-6,8,10,15,25H,3,7,9H2/t15-/m0/s1. The molecule has 1 N–H and O–H groups in total. The molecule has 0 saturated carbocycles. The van der Waals surface area contributed by atoms with Crippen LogP contribution in [-0.4, -0.2) is 15.1 Å². The highest BCUT2D eigenvalue weighted by Gasteiger charge is 2.36. The van der Waals surface area contributed by atoms with Crippen LogP contribution >= 0.6 is 0 Å². The van der Waals surface area contributed by atoms with E-state index in [1.165, 1.54) is 6.07 Å². The van der Waals surface area contributed by atoms with Crippen LogP contribution in [0.4, 0.5) is 13.2 Å². The number of aliphatic hydroxyl groups excluding tert-OH is 1. The topological polar surface area (TPSA) is 55.2 Å². The third-order valence-electron chi connectivity index (χ3n) is 4.46. The Labute approximate surface area is 147 Å². The summed E-state index contributed by atoms with van der Waals surface area (Å²) < 4.78 is 45.2. The molecule has 134 valence electrons. The van der Waals surface area contributed by atoms with Gasteiger partial charge in [-0.3, -0.25) is 0 Å². The summed E-state index contributed by atoms with van der Waals surface area (Å²) in [6.07, 6.45) is -3.13. The van der Waals surface area contributed by atoms with Crippen molar-refractivity contribution >= 4 is 10.9 Å². The van der Waals surface area contributed by atoms with E-state index in [-0.39, 0.29) is 11.4 Å². The Morgan fingerprint density at radius 1 is 1.04 bits per heavy atom. The van der Waals surface area contributed by atoms with Gasteiger partial charge in [-0.25, -0.2) is 4.98 Å². The molecule has 2 aromatic carbocycles. The quantitative estimate of drug-likeness (QED) is 0.712. The van der Waals surface area contributed by atoms with Crippen molar-refractivity contribution in [3.8, 4) is 11.6 Å². The van der Waals surface area contributed by atoms with Crippen LogP contribution in [0.15, 0.2) is 42.5 Å². The number of hydrogen-bond donors (Lipinski definition) is 1. The molecule has 1 aromatic heterocycles. The summed E-state index contributed by atoms with van der Waals surface area (Å²) in [5, 5.41) is 10.5. The van der Waals surface area contributed by atoms with Crippen LogP contribution in [0.5, 0.6) is 11.6 Å². The van der Waals surface area contributed by atoms with Gasteiger partial charge in [0.05, 0.1) is 17.0 Å². The van der Waals surface area contributed by atoms with E-state index < -0.39 is 18.1 Å². The zero-order valence-corrected chi connectivity index (χ0v) is 13.6. The highest BCUT2D eigenvalue weighted by molar-refractivity contribution is 5.83. The summed E-state index contributed by atoms with van der Waals surface area (Å²) in [6, 6.07) is 11.6. The minimum absolute atomic E-state index is 0.142. The van der Waals surface area contributed by atoms with Crippen molar-refractivity contribution in [2.75, 3.05) is 0 Å². The van der Waals surface area contributed by atoms with Crippen LogP contribution in [0.2, 0.25) is 0 Å². The maximum Gasteiger partial charge on any atom is 0.451 e. The largest absolute Gasteiger partial charge is 0.451 e. The van der Waals surface area contributed by atoms with E-state index in [4.69, 9.17) is 4.74 Å². The second-order valence-electron chi connectivity index (χ2n) is 6.20. The van der Waals surface area contributed by atoms with Gasteiger partial charge < -0.3 is 9.84 Å². The van der Waals surface area contributed by atoms with Crippen molar-refractivity contribution in [2.45, 2.75) is 31.5 Å². The predicted octanol–water partition coefficient (Wildman–Crippen LogP) is 4.81. The number of ether oxygens (including phenoxy) is 1. The second-order valence-corrected chi connectivity index (χ2v) is 6.20. The summed E-state index contributed by atoms with van der Waals surface area (Å²) in [4.78, 5) is 7.21. The van der Waals surface area contributed by atoms with Crippen LogP contribution in [-0.2, 0) is 12.6 Å². The molecule has 1 heterocycles. The fourth-order valence-corrected chi connectivity index (χ4v) is 3.24. The Hall–Kier alpha value is -2.67. The van der Waals surface area contributed by atoms with Crippen LogP contribution in [0.25, 0.3) is 10.9 Å². The molecular formula is C19H15F3N2O2. The van der Waals surface area contributed by atoms with Crippen LogP contribution in [0.3, 0.4) is 0 Å². The van der Waals surface area contributed by atoms with Gasteiger partial charge in [-0.2, -0.15) is 18.2 Å². The molecule has 3 aromatic rings. The third kappa shape index (κ3) is 2.99. The van der Waals surface area contributed by atoms with Gasteiger partial charge >= 0.3 is 6.18 Å². The van der Waals surface area contributed by atoms with Crippen molar-refractivity contribution in [2.24, 2.45) is 0 Å². The molecule has 0 radical (unpaired) electrons. The number of nitrogens with zero attached hydrogens (tertiary/aromatic N) is 2. The van der Waals surface area contributed by atoms with Crippen LogP contribution < -0.4 is 4.74 Å². The monoisotopic (exact) mass is 360 g/mol. The van der Waals surface area contributed by atoms with Gasteiger partial charge in [-0.15, -0.1) is 0 Å². The summed E-state index contributed by atoms with van der Waals surface area (Å²) in [6.45, 7) is 0. The van der Waals surface area contributed by atoms with Crippen LogP contribution in [0.1, 0.15) is 35.9 Å². The van der Waals surface area contributed by atoms with Gasteiger partial charge in [0.2, 0.25) is 11.7 Å². The molecule has 4 rings (SSSR count). The fraction of sp³-hybridized carbons (Fsp3) is 0.263. The number of halogens is 3. The van der Waals surface area contributed by atoms with Gasteiger partial charge in [0.25, 0.3) is 0 Å². The molecular weight excluding hydrogens is 345 g/mol. The van der Waals surface area contributed by atoms with Crippen molar-refractivity contribution in [1.82, 2.24) is 9.97 Å². The van der Waals surface area contributed by atoms with Gasteiger partial charge in [-0.1, -0.05) is 24.3 Å². The zero-order valence-electron chi connectivity index (χ0n) is 13.6. The highest BCUT2D eigenvalue weighted by Crippen LogP contribution is 2.39. The molecule has 26 heavy (non-hydrogen) atoms. The first kappa shape index (κ1) is 16.8. The number of aliphatic hydroxyl groups is 1. The summed E-state index contributed by atoms with van der Waals surface area (Å²) >= 11 is 0. The fourth-order valence-electron chi connectivity index (χ4n) is 3.24. The summed E-state index contributed by atoms with van der Waals surface area (Å²) in [7, 11) is 0. The molecule has 0 unspecified atom stereocenters. The average molecular weight is 360 g/mol. The number of para-hydroxylation sites is 1. The molecule has 1 atom stereocenters. The Balaban J connectivity index is 1.84. The van der Waals surface area contributed by atoms with Gasteiger partial charge in [0.15, 0.2) is 0 Å². The third-order valence-corrected chi connectivity index (χ3v) is 4.46. The molecule has 0 bridgehead atoms. The van der Waals surface area contributed by atoms with Crippen LogP contribution in [0, 0.1) is 0 Å². The molecule has 0 aliphatic heterocycles. The average Bonchev–Trinajstić information content (AvgIpc) is 2.62. The molecule has 0 fully saturated rings. The van der Waals surface area contributed by atoms with E-state index in [9.17, 15) is 18.3 Å². The summed E-state index contributed by atoms with van der Waals surface area (Å²) in [5.41, 5.74) is 1.72. The first-order chi connectivity index (χ1) is 12.4. The molecule has 0 amide bonds. The normalized spacial score (nSPS) is 17.2. The van der Waals surface area contributed by atoms with E-state index in [1.54, 1.807) is 30.3 Å².